The lowest BCUT2D eigenvalue weighted by Gasteiger charge is -2.33. The molecule has 0 aliphatic carbocycles. The predicted molar refractivity (Wildman–Crippen MR) is 271 cm³/mol. The number of hydrogen-bond acceptors (Lipinski definition) is 12. The van der Waals surface area contributed by atoms with Gasteiger partial charge in [0, 0.05) is 40.7 Å². The van der Waals surface area contributed by atoms with Gasteiger partial charge in [0.15, 0.2) is 5.96 Å². The molecular weight excluding hydrogens is 935 g/mol. The van der Waals surface area contributed by atoms with Crippen LogP contribution in [0, 0.1) is 17.8 Å². The molecule has 0 bridgehead atoms. The van der Waals surface area contributed by atoms with Crippen LogP contribution in [-0.4, -0.2) is 180 Å². The number of carbonyl (C=O) groups excluding carboxylic acids is 10. The van der Waals surface area contributed by atoms with Crippen molar-refractivity contribution < 1.29 is 53.1 Å². The second-order valence-electron chi connectivity index (χ2n) is 19.2. The van der Waals surface area contributed by atoms with Gasteiger partial charge in [-0.3, -0.25) is 52.9 Å². The van der Waals surface area contributed by atoms with Gasteiger partial charge in [-0.25, -0.2) is 0 Å². The van der Waals surface area contributed by atoms with Crippen molar-refractivity contribution in [3.63, 3.8) is 0 Å². The number of likely N-dealkylation sites (tertiary alicyclic amines) is 1. The molecule has 0 aromatic heterocycles. The first-order valence-electron chi connectivity index (χ1n) is 25.3. The van der Waals surface area contributed by atoms with Gasteiger partial charge in [0.25, 0.3) is 0 Å². The smallest absolute Gasteiger partial charge is 0.245 e. The van der Waals surface area contributed by atoms with Gasteiger partial charge in [0.2, 0.25) is 59.1 Å². The molecule has 3 unspecified atom stereocenters. The lowest BCUT2D eigenvalue weighted by Crippen LogP contribution is -2.63. The van der Waals surface area contributed by atoms with Crippen LogP contribution in [0.1, 0.15) is 127 Å². The van der Waals surface area contributed by atoms with E-state index < -0.39 is 114 Å². The molecule has 1 rings (SSSR count). The lowest BCUT2D eigenvalue weighted by atomic mass is 9.95. The van der Waals surface area contributed by atoms with Crippen molar-refractivity contribution in [1.82, 2.24) is 51.9 Å². The largest absolute Gasteiger partial charge is 0.391 e. The number of nitrogens with two attached hydrogens (primary N) is 2. The van der Waals surface area contributed by atoms with Crippen LogP contribution in [0.25, 0.3) is 0 Å². The molecule has 10 amide bonds. The third-order valence-corrected chi connectivity index (χ3v) is 12.8. The van der Waals surface area contributed by atoms with Crippen LogP contribution in [0.15, 0.2) is 4.99 Å². The van der Waals surface area contributed by atoms with Crippen molar-refractivity contribution in [1.29, 1.82) is 0 Å². The number of amides is 10. The van der Waals surface area contributed by atoms with Crippen LogP contribution >= 0.6 is 0 Å². The van der Waals surface area contributed by atoms with Crippen LogP contribution in [0.2, 0.25) is 0 Å². The summed E-state index contributed by atoms with van der Waals surface area (Å²) in [6.07, 6.45) is 1.41. The van der Waals surface area contributed by atoms with E-state index in [4.69, 9.17) is 11.5 Å². The molecule has 1 heterocycles. The zero-order chi connectivity index (χ0) is 55.0. The summed E-state index contributed by atoms with van der Waals surface area (Å²) in [6.45, 7) is 16.9. The quantitative estimate of drug-likeness (QED) is 0.0211. The molecule has 10 atom stereocenters. The van der Waals surface area contributed by atoms with E-state index in [1.807, 2.05) is 20.8 Å². The summed E-state index contributed by atoms with van der Waals surface area (Å²) in [6, 6.07) is -8.24. The summed E-state index contributed by atoms with van der Waals surface area (Å²) >= 11 is 0. The zero-order valence-electron chi connectivity index (χ0n) is 44.7. The molecule has 0 spiro atoms. The Labute approximate surface area is 425 Å². The van der Waals surface area contributed by atoms with Gasteiger partial charge in [-0.2, -0.15) is 0 Å². The Morgan fingerprint density at radius 2 is 1.26 bits per heavy atom. The Morgan fingerprint density at radius 1 is 0.722 bits per heavy atom. The number of guanidine groups is 1. The van der Waals surface area contributed by atoms with Crippen LogP contribution in [0.5, 0.6) is 0 Å². The number of nitrogens with one attached hydrogen (secondary N) is 7. The number of rotatable bonds is 31. The van der Waals surface area contributed by atoms with Crippen LogP contribution in [-0.2, 0) is 47.9 Å². The molecule has 72 heavy (non-hydrogen) atoms. The average molecular weight is 1020 g/mol. The minimum Gasteiger partial charge on any atom is -0.391 e. The maximum atomic E-state index is 14.2. The molecule has 410 valence electrons. The highest BCUT2D eigenvalue weighted by atomic mass is 16.3. The summed E-state index contributed by atoms with van der Waals surface area (Å²) in [5, 5.41) is 29.6. The number of likely N-dealkylation sites (N-methyl/N-ethyl adjacent to an activating group) is 3. The maximum absolute atomic E-state index is 14.2. The van der Waals surface area contributed by atoms with E-state index in [9.17, 15) is 53.1 Å². The van der Waals surface area contributed by atoms with E-state index in [1.54, 1.807) is 34.6 Å². The second-order valence-corrected chi connectivity index (χ2v) is 19.2. The number of aliphatic hydroxyl groups is 1. The molecular formula is C48H87N13O11. The molecule has 1 aliphatic heterocycles. The standard InChI is InChI=1S/C48H87N13O11/c1-13-19-32(41(66)56-38(28(7)14-2)44(69)55-33(20-17-22-52-48(49)50)47(72)61-23-18-21-34(61)42(67)51-16-4)54-46(71)40(30(9)62)58-45(70)39(29(8)15-3)57-43(68)35(24-27(5)6)60(12)37(65)25-53-36(64)26-59(11)31(10)63/h27-30,32-35,38-40,62H,13-26H2,1-12H3,(H,51,67)(H,53,64)(H,54,71)(H,55,69)(H,56,66)(H,57,68)(H,58,70)(H4,49,50,52)/t28?,29?,30?,32-,33-,34-,35-,38-,39+,40-/m0/s1. The summed E-state index contributed by atoms with van der Waals surface area (Å²) in [7, 11) is 2.83. The highest BCUT2D eigenvalue weighted by Crippen LogP contribution is 2.21. The Kier molecular flexibility index (Phi) is 28.5. The second kappa shape index (κ2) is 32.1. The van der Waals surface area contributed by atoms with E-state index in [0.717, 1.165) is 0 Å². The Bertz CT molecular complexity index is 1880. The minimum absolute atomic E-state index is 0.0864. The highest BCUT2D eigenvalue weighted by Gasteiger charge is 2.40. The fraction of sp³-hybridized carbons (Fsp3) is 0.771. The van der Waals surface area contributed by atoms with Gasteiger partial charge >= 0.3 is 0 Å². The van der Waals surface area contributed by atoms with Crippen molar-refractivity contribution in [2.75, 3.05) is 46.8 Å². The molecule has 24 nitrogen and oxygen atoms in total. The fourth-order valence-corrected chi connectivity index (χ4v) is 7.94. The van der Waals surface area contributed by atoms with Gasteiger partial charge < -0.3 is 68.5 Å². The van der Waals surface area contributed by atoms with Gasteiger partial charge in [0.1, 0.15) is 42.3 Å². The predicted octanol–water partition coefficient (Wildman–Crippen LogP) is -1.67. The molecule has 0 radical (unpaired) electrons. The zero-order valence-corrected chi connectivity index (χ0v) is 44.7. The van der Waals surface area contributed by atoms with E-state index >= 15 is 0 Å². The third-order valence-electron chi connectivity index (χ3n) is 12.8. The normalized spacial score (nSPS) is 17.0. The van der Waals surface area contributed by atoms with Crippen molar-refractivity contribution >= 4 is 65.0 Å². The minimum atomic E-state index is -1.62. The van der Waals surface area contributed by atoms with Gasteiger partial charge in [-0.05, 0) is 70.1 Å². The maximum Gasteiger partial charge on any atom is 0.245 e. The molecule has 0 aromatic carbocycles. The first-order valence-corrected chi connectivity index (χ1v) is 25.3. The molecule has 0 saturated carbocycles. The van der Waals surface area contributed by atoms with E-state index in [1.165, 1.54) is 42.6 Å². The molecule has 1 aliphatic rings. The van der Waals surface area contributed by atoms with Crippen molar-refractivity contribution in [2.24, 2.45) is 34.2 Å². The number of nitrogens with zero attached hydrogens (tertiary/aromatic N) is 4. The Balaban J connectivity index is 3.37. The third kappa shape index (κ3) is 21.0. The Hall–Kier alpha value is -6.07. The molecule has 12 N–H and O–H groups in total. The molecule has 1 fully saturated rings. The first-order chi connectivity index (χ1) is 33.8. The average Bonchev–Trinajstić information content (AvgIpc) is 3.82. The van der Waals surface area contributed by atoms with E-state index in [2.05, 4.69) is 42.2 Å². The summed E-state index contributed by atoms with van der Waals surface area (Å²) < 4.78 is 0. The SMILES string of the molecule is CCC[C@H](NC(=O)[C@@H](NC(=O)[C@H](NC(=O)[C@H](CC(C)C)N(C)C(=O)CNC(=O)CN(C)C(C)=O)C(C)CC)C(C)O)C(=O)N[C@H](C(=O)N[C@@H](CCCN=C(N)N)C(=O)N1CCC[C@H]1C(=O)NCC)C(C)CC. The van der Waals surface area contributed by atoms with Gasteiger partial charge in [0.05, 0.1) is 19.2 Å². The van der Waals surface area contributed by atoms with Crippen LogP contribution in [0.4, 0.5) is 0 Å². The van der Waals surface area contributed by atoms with Crippen molar-refractivity contribution in [2.45, 2.75) is 175 Å². The topological polar surface area (TPSA) is 349 Å². The summed E-state index contributed by atoms with van der Waals surface area (Å²) in [5.74, 6) is -7.37. The van der Waals surface area contributed by atoms with E-state index in [-0.39, 0.29) is 56.0 Å². The fourth-order valence-electron chi connectivity index (χ4n) is 7.94. The number of carbonyl (C=O) groups is 10. The van der Waals surface area contributed by atoms with Crippen molar-refractivity contribution in [3.8, 4) is 0 Å². The number of aliphatic hydroxyl groups excluding tert-OH is 1. The summed E-state index contributed by atoms with van der Waals surface area (Å²) in [5.41, 5.74) is 11.0. The number of hydrogen-bond donors (Lipinski definition) is 10. The summed E-state index contributed by atoms with van der Waals surface area (Å²) in [4.78, 5) is 142. The van der Waals surface area contributed by atoms with Gasteiger partial charge in [-0.15, -0.1) is 0 Å². The van der Waals surface area contributed by atoms with Crippen LogP contribution in [0.3, 0.4) is 0 Å². The van der Waals surface area contributed by atoms with Gasteiger partial charge in [-0.1, -0.05) is 67.7 Å². The first kappa shape index (κ1) is 63.9. The van der Waals surface area contributed by atoms with E-state index in [0.29, 0.717) is 51.6 Å². The van der Waals surface area contributed by atoms with Crippen LogP contribution < -0.4 is 48.7 Å². The molecule has 24 heteroatoms. The monoisotopic (exact) mass is 1020 g/mol. The highest BCUT2D eigenvalue weighted by molar-refractivity contribution is 5.98. The number of aliphatic imine (C=N–C) groups is 1. The van der Waals surface area contributed by atoms with Crippen molar-refractivity contribution in [3.05, 3.63) is 0 Å². The molecule has 0 aromatic rings. The molecule has 1 saturated heterocycles. The lowest BCUT2D eigenvalue weighted by molar-refractivity contribution is -0.142. The Morgan fingerprint density at radius 3 is 1.78 bits per heavy atom.